The van der Waals surface area contributed by atoms with Gasteiger partial charge in [0.2, 0.25) is 0 Å². The fourth-order valence-electron chi connectivity index (χ4n) is 9.00. The van der Waals surface area contributed by atoms with Crippen LogP contribution in [0, 0.1) is 0 Å². The number of fused-ring (bicyclic) bond motifs is 7. The smallest absolute Gasteiger partial charge is 0.131 e. The number of hydrogen-bond acceptors (Lipinski definition) is 1. The van der Waals surface area contributed by atoms with Gasteiger partial charge in [0.15, 0.2) is 0 Å². The van der Waals surface area contributed by atoms with Crippen molar-refractivity contribution >= 4 is 43.9 Å². The van der Waals surface area contributed by atoms with Gasteiger partial charge in [-0.05, 0) is 94.9 Å². The number of benzene rings is 9. The largest absolute Gasteiger partial charge is 0.383 e. The second-order valence-corrected chi connectivity index (χ2v) is 15.7. The van der Waals surface area contributed by atoms with Gasteiger partial charge in [-0.25, -0.2) is 4.99 Å². The van der Waals surface area contributed by atoms with E-state index in [-0.39, 0.29) is 5.41 Å². The monoisotopic (exact) mass is 730 g/mol. The van der Waals surface area contributed by atoms with Gasteiger partial charge in [0.05, 0.1) is 5.70 Å². The number of nitrogens with two attached hydrogens (primary N) is 1. The average Bonchev–Trinajstić information content (AvgIpc) is 3.50. The summed E-state index contributed by atoms with van der Waals surface area (Å²) >= 11 is 0. The molecule has 10 rings (SSSR count). The first kappa shape index (κ1) is 34.5. The summed E-state index contributed by atoms with van der Waals surface area (Å²) in [4.78, 5) is 5.22. The lowest BCUT2D eigenvalue weighted by molar-refractivity contribution is 0.666. The van der Waals surface area contributed by atoms with Gasteiger partial charge in [0.1, 0.15) is 5.84 Å². The Morgan fingerprint density at radius 3 is 1.93 bits per heavy atom. The van der Waals surface area contributed by atoms with Crippen LogP contribution >= 0.6 is 0 Å². The third-order valence-electron chi connectivity index (χ3n) is 11.9. The lowest BCUT2D eigenvalue weighted by Gasteiger charge is -2.24. The van der Waals surface area contributed by atoms with E-state index in [1.54, 1.807) is 0 Å². The SMILES string of the molecule is CC1(C)c2cc(-c3ccc(/C(=C/Cc4ccc5ccccc5c4)N=C(N)c4ccc(-c5ccccc5)cc4)c4ccccc34)ccc2-c2ccc3ccccc3c21. The summed E-state index contributed by atoms with van der Waals surface area (Å²) < 4.78 is 0. The molecule has 0 fully saturated rings. The summed E-state index contributed by atoms with van der Waals surface area (Å²) in [5, 5.41) is 7.42. The number of nitrogens with zero attached hydrogens (tertiary/aromatic N) is 1. The molecule has 0 bridgehead atoms. The minimum Gasteiger partial charge on any atom is -0.383 e. The summed E-state index contributed by atoms with van der Waals surface area (Å²) in [5.41, 5.74) is 21.0. The van der Waals surface area contributed by atoms with Crippen LogP contribution in [0.25, 0.3) is 71.4 Å². The normalized spacial score (nSPS) is 13.6. The highest BCUT2D eigenvalue weighted by Gasteiger charge is 2.37. The van der Waals surface area contributed by atoms with Crippen LogP contribution in [0.4, 0.5) is 0 Å². The topological polar surface area (TPSA) is 38.4 Å². The Balaban J connectivity index is 1.07. The van der Waals surface area contributed by atoms with Gasteiger partial charge >= 0.3 is 0 Å². The molecule has 0 unspecified atom stereocenters. The van der Waals surface area contributed by atoms with Crippen molar-refractivity contribution in [2.75, 3.05) is 0 Å². The number of allylic oxidation sites excluding steroid dienone is 1. The maximum atomic E-state index is 6.89. The number of rotatable bonds is 7. The lowest BCUT2D eigenvalue weighted by atomic mass is 9.79. The van der Waals surface area contributed by atoms with Gasteiger partial charge in [-0.15, -0.1) is 0 Å². The van der Waals surface area contributed by atoms with Crippen molar-refractivity contribution in [3.63, 3.8) is 0 Å². The summed E-state index contributed by atoms with van der Waals surface area (Å²) in [6.07, 6.45) is 2.95. The molecule has 0 atom stereocenters. The van der Waals surface area contributed by atoms with Crippen LogP contribution < -0.4 is 5.73 Å². The number of amidine groups is 1. The molecule has 9 aromatic carbocycles. The summed E-state index contributed by atoms with van der Waals surface area (Å²) in [5.74, 6) is 0.487. The van der Waals surface area contributed by atoms with Crippen molar-refractivity contribution in [2.45, 2.75) is 25.7 Å². The highest BCUT2D eigenvalue weighted by atomic mass is 14.9. The van der Waals surface area contributed by atoms with Gasteiger partial charge in [0, 0.05) is 16.5 Å². The zero-order valence-corrected chi connectivity index (χ0v) is 32.2. The third kappa shape index (κ3) is 6.11. The molecule has 0 amide bonds. The zero-order valence-electron chi connectivity index (χ0n) is 32.2. The minimum absolute atomic E-state index is 0.137. The molecule has 1 aliphatic rings. The molecule has 0 aliphatic heterocycles. The quantitative estimate of drug-likeness (QED) is 0.129. The first-order chi connectivity index (χ1) is 27.9. The van der Waals surface area contributed by atoms with Gasteiger partial charge in [-0.1, -0.05) is 202 Å². The zero-order chi connectivity index (χ0) is 38.5. The molecule has 0 saturated carbocycles. The van der Waals surface area contributed by atoms with E-state index < -0.39 is 0 Å². The van der Waals surface area contributed by atoms with Crippen molar-refractivity contribution in [3.05, 3.63) is 222 Å². The molecule has 2 heteroatoms. The van der Waals surface area contributed by atoms with Crippen molar-refractivity contribution in [2.24, 2.45) is 10.7 Å². The highest BCUT2D eigenvalue weighted by Crippen LogP contribution is 2.52. The van der Waals surface area contributed by atoms with E-state index in [1.807, 2.05) is 6.07 Å². The lowest BCUT2D eigenvalue weighted by Crippen LogP contribution is -2.15. The summed E-state index contributed by atoms with van der Waals surface area (Å²) in [6.45, 7) is 4.75. The Hall–Kier alpha value is -7.03. The molecule has 0 saturated heterocycles. The third-order valence-corrected chi connectivity index (χ3v) is 11.9. The van der Waals surface area contributed by atoms with Crippen LogP contribution in [0.15, 0.2) is 199 Å². The van der Waals surface area contributed by atoms with Crippen LogP contribution in [-0.4, -0.2) is 5.84 Å². The number of aliphatic imine (C=N–C) groups is 1. The Morgan fingerprint density at radius 2 is 1.12 bits per heavy atom. The van der Waals surface area contributed by atoms with E-state index in [0.717, 1.165) is 34.2 Å². The first-order valence-corrected chi connectivity index (χ1v) is 19.8. The fourth-order valence-corrected chi connectivity index (χ4v) is 9.00. The Bertz CT molecular complexity index is 3060. The molecule has 0 aromatic heterocycles. The fraction of sp³-hybridized carbons (Fsp3) is 0.0727. The summed E-state index contributed by atoms with van der Waals surface area (Å²) in [6, 6.07) is 67.6. The van der Waals surface area contributed by atoms with Crippen LogP contribution in [0.1, 0.15) is 41.7 Å². The van der Waals surface area contributed by atoms with Crippen LogP contribution in [-0.2, 0) is 11.8 Å². The van der Waals surface area contributed by atoms with E-state index >= 15 is 0 Å². The Labute approximate surface area is 334 Å². The second-order valence-electron chi connectivity index (χ2n) is 15.7. The molecule has 2 nitrogen and oxygen atoms in total. The molecule has 2 N–H and O–H groups in total. The molecular formula is C55H42N2. The molecule has 0 radical (unpaired) electrons. The predicted octanol–water partition coefficient (Wildman–Crippen LogP) is 13.8. The molecule has 9 aromatic rings. The van der Waals surface area contributed by atoms with E-state index in [4.69, 9.17) is 10.7 Å². The molecule has 1 aliphatic carbocycles. The van der Waals surface area contributed by atoms with E-state index in [9.17, 15) is 0 Å². The standard InChI is InChI=1S/C55H42N2/c1-55(2)51-35-43(28-29-48(51)50-30-27-40-15-8-9-17-45(40)53(50)55)44-31-32-49(47-19-11-10-18-46(44)47)52(33-21-36-20-22-38-14-6-7-16-42(38)34-36)57-54(56)41-25-23-39(24-26-41)37-12-4-3-5-13-37/h3-20,22-35H,21H2,1-2H3,(H2,56,57)/b52-33-. The first-order valence-electron chi connectivity index (χ1n) is 19.8. The summed E-state index contributed by atoms with van der Waals surface area (Å²) in [7, 11) is 0. The van der Waals surface area contributed by atoms with Gasteiger partial charge in [-0.3, -0.25) is 0 Å². The van der Waals surface area contributed by atoms with Gasteiger partial charge < -0.3 is 5.73 Å². The molecule has 0 spiro atoms. The molecule has 272 valence electrons. The van der Waals surface area contributed by atoms with E-state index in [1.165, 1.54) is 71.4 Å². The van der Waals surface area contributed by atoms with Crippen molar-refractivity contribution in [3.8, 4) is 33.4 Å². The Kier molecular flexibility index (Phi) is 8.42. The van der Waals surface area contributed by atoms with Gasteiger partial charge in [-0.2, -0.15) is 0 Å². The maximum Gasteiger partial charge on any atom is 0.131 e. The minimum atomic E-state index is -0.137. The van der Waals surface area contributed by atoms with Crippen LogP contribution in [0.3, 0.4) is 0 Å². The molecule has 0 heterocycles. The average molecular weight is 731 g/mol. The van der Waals surface area contributed by atoms with Crippen molar-refractivity contribution < 1.29 is 0 Å². The molecule has 57 heavy (non-hydrogen) atoms. The highest BCUT2D eigenvalue weighted by molar-refractivity contribution is 6.07. The molecular weight excluding hydrogens is 689 g/mol. The van der Waals surface area contributed by atoms with Crippen LogP contribution in [0.2, 0.25) is 0 Å². The number of hydrogen-bond donors (Lipinski definition) is 1. The van der Waals surface area contributed by atoms with E-state index in [2.05, 4.69) is 202 Å². The van der Waals surface area contributed by atoms with Crippen molar-refractivity contribution in [1.29, 1.82) is 0 Å². The predicted molar refractivity (Wildman–Crippen MR) is 243 cm³/mol. The van der Waals surface area contributed by atoms with E-state index in [0.29, 0.717) is 5.84 Å². The Morgan fingerprint density at radius 1 is 0.509 bits per heavy atom. The van der Waals surface area contributed by atoms with Gasteiger partial charge in [0.25, 0.3) is 0 Å². The van der Waals surface area contributed by atoms with Crippen LogP contribution in [0.5, 0.6) is 0 Å². The van der Waals surface area contributed by atoms with Crippen molar-refractivity contribution in [1.82, 2.24) is 0 Å². The second kappa shape index (κ2) is 13.9. The maximum absolute atomic E-state index is 6.89.